The van der Waals surface area contributed by atoms with Crippen molar-refractivity contribution in [3.05, 3.63) is 29.8 Å². The predicted octanol–water partition coefficient (Wildman–Crippen LogP) is 3.57. The summed E-state index contributed by atoms with van der Waals surface area (Å²) in [6.07, 6.45) is 6.73. The van der Waals surface area contributed by atoms with Gasteiger partial charge in [-0.15, -0.1) is 0 Å². The van der Waals surface area contributed by atoms with E-state index < -0.39 is 0 Å². The molecule has 4 unspecified atom stereocenters. The monoisotopic (exact) mass is 260 g/mol. The highest BCUT2D eigenvalue weighted by Gasteiger charge is 2.38. The molecule has 1 saturated carbocycles. The van der Waals surface area contributed by atoms with Gasteiger partial charge in [-0.1, -0.05) is 50.8 Å². The predicted molar refractivity (Wildman–Crippen MR) is 76.3 cm³/mol. The second-order valence-electron chi connectivity index (χ2n) is 6.08. The van der Waals surface area contributed by atoms with Crippen molar-refractivity contribution in [3.63, 3.8) is 0 Å². The maximum Gasteiger partial charge on any atom is 0.129 e. The molecular formula is C17H24O2. The Hall–Kier alpha value is -1.02. The third-order valence-corrected chi connectivity index (χ3v) is 4.98. The van der Waals surface area contributed by atoms with Crippen LogP contribution in [0.4, 0.5) is 0 Å². The van der Waals surface area contributed by atoms with Gasteiger partial charge in [-0.05, 0) is 29.9 Å². The lowest BCUT2D eigenvalue weighted by atomic mass is 9.73. The molecule has 4 atom stereocenters. The quantitative estimate of drug-likeness (QED) is 0.900. The van der Waals surface area contributed by atoms with Crippen LogP contribution in [0.25, 0.3) is 0 Å². The fraction of sp³-hybridized carbons (Fsp3) is 0.647. The van der Waals surface area contributed by atoms with Crippen LogP contribution in [0, 0.1) is 11.8 Å². The zero-order valence-corrected chi connectivity index (χ0v) is 11.7. The second-order valence-corrected chi connectivity index (χ2v) is 6.08. The van der Waals surface area contributed by atoms with Crippen molar-refractivity contribution in [3.8, 4) is 5.75 Å². The lowest BCUT2D eigenvalue weighted by Gasteiger charge is -2.36. The zero-order valence-electron chi connectivity index (χ0n) is 11.7. The smallest absolute Gasteiger partial charge is 0.129 e. The van der Waals surface area contributed by atoms with Gasteiger partial charge >= 0.3 is 0 Å². The Labute approximate surface area is 115 Å². The molecule has 2 heteroatoms. The number of rotatable bonds is 3. The number of ether oxygens (including phenoxy) is 1. The van der Waals surface area contributed by atoms with E-state index >= 15 is 0 Å². The van der Waals surface area contributed by atoms with E-state index in [2.05, 4.69) is 13.0 Å². The Bertz CT molecular complexity index is 404. The van der Waals surface area contributed by atoms with Gasteiger partial charge in [-0.25, -0.2) is 0 Å². The van der Waals surface area contributed by atoms with E-state index in [1.165, 1.54) is 31.2 Å². The van der Waals surface area contributed by atoms with E-state index in [1.807, 2.05) is 18.2 Å². The molecular weight excluding hydrogens is 236 g/mol. The Balaban J connectivity index is 1.70. The SMILES string of the molecule is CCC1CCCCC1C(O)C1Cc2ccccc2O1. The highest BCUT2D eigenvalue weighted by Crippen LogP contribution is 2.39. The Kier molecular flexibility index (Phi) is 3.79. The molecule has 104 valence electrons. The summed E-state index contributed by atoms with van der Waals surface area (Å²) >= 11 is 0. The molecule has 0 bridgehead atoms. The minimum absolute atomic E-state index is 0.0328. The zero-order chi connectivity index (χ0) is 13.2. The number of benzene rings is 1. The first kappa shape index (κ1) is 13.0. The average Bonchev–Trinajstić information content (AvgIpc) is 2.90. The van der Waals surface area contributed by atoms with Crippen LogP contribution >= 0.6 is 0 Å². The van der Waals surface area contributed by atoms with E-state index in [4.69, 9.17) is 4.74 Å². The topological polar surface area (TPSA) is 29.5 Å². The van der Waals surface area contributed by atoms with E-state index in [1.54, 1.807) is 0 Å². The lowest BCUT2D eigenvalue weighted by Crippen LogP contribution is -2.41. The molecule has 1 N–H and O–H groups in total. The lowest BCUT2D eigenvalue weighted by molar-refractivity contribution is -0.0259. The van der Waals surface area contributed by atoms with Crippen LogP contribution in [-0.4, -0.2) is 17.3 Å². The average molecular weight is 260 g/mol. The van der Waals surface area contributed by atoms with Gasteiger partial charge < -0.3 is 9.84 Å². The van der Waals surface area contributed by atoms with E-state index in [0.717, 1.165) is 18.6 Å². The van der Waals surface area contributed by atoms with Crippen LogP contribution in [0.2, 0.25) is 0 Å². The van der Waals surface area contributed by atoms with Crippen molar-refractivity contribution in [2.75, 3.05) is 0 Å². The minimum Gasteiger partial charge on any atom is -0.487 e. The standard InChI is InChI=1S/C17H24O2/c1-2-12-7-3-5-9-14(12)17(18)16-11-13-8-4-6-10-15(13)19-16/h4,6,8,10,12,14,16-18H,2-3,5,7,9,11H2,1H3. The minimum atomic E-state index is -0.308. The third-order valence-electron chi connectivity index (χ3n) is 4.98. The van der Waals surface area contributed by atoms with Gasteiger partial charge in [0.15, 0.2) is 0 Å². The number of fused-ring (bicyclic) bond motifs is 1. The summed E-state index contributed by atoms with van der Waals surface area (Å²) in [6, 6.07) is 8.18. The molecule has 1 aliphatic heterocycles. The van der Waals surface area contributed by atoms with Crippen LogP contribution in [0.5, 0.6) is 5.75 Å². The van der Waals surface area contributed by atoms with Gasteiger partial charge in [0, 0.05) is 6.42 Å². The summed E-state index contributed by atoms with van der Waals surface area (Å²) in [6.45, 7) is 2.25. The van der Waals surface area contributed by atoms with Crippen LogP contribution in [0.3, 0.4) is 0 Å². The number of aliphatic hydroxyl groups excluding tert-OH is 1. The highest BCUT2D eigenvalue weighted by molar-refractivity contribution is 5.37. The molecule has 2 nitrogen and oxygen atoms in total. The third kappa shape index (κ3) is 2.51. The van der Waals surface area contributed by atoms with Gasteiger partial charge in [0.25, 0.3) is 0 Å². The molecule has 0 spiro atoms. The van der Waals surface area contributed by atoms with Crippen molar-refractivity contribution >= 4 is 0 Å². The van der Waals surface area contributed by atoms with Gasteiger partial charge in [-0.3, -0.25) is 0 Å². The van der Waals surface area contributed by atoms with Gasteiger partial charge in [-0.2, -0.15) is 0 Å². The molecule has 1 aliphatic carbocycles. The van der Waals surface area contributed by atoms with Crippen molar-refractivity contribution in [2.24, 2.45) is 11.8 Å². The van der Waals surface area contributed by atoms with Crippen molar-refractivity contribution < 1.29 is 9.84 Å². The normalized spacial score (nSPS) is 31.6. The summed E-state index contributed by atoms with van der Waals surface area (Å²) < 4.78 is 5.96. The first-order valence-corrected chi connectivity index (χ1v) is 7.72. The molecule has 1 aromatic rings. The van der Waals surface area contributed by atoms with Crippen molar-refractivity contribution in [2.45, 2.75) is 57.7 Å². The summed E-state index contributed by atoms with van der Waals surface area (Å²) in [5.41, 5.74) is 1.25. The van der Waals surface area contributed by atoms with Gasteiger partial charge in [0.2, 0.25) is 0 Å². The van der Waals surface area contributed by atoms with E-state index in [0.29, 0.717) is 11.8 Å². The summed E-state index contributed by atoms with van der Waals surface area (Å²) in [5.74, 6) is 2.07. The van der Waals surface area contributed by atoms with E-state index in [9.17, 15) is 5.11 Å². The molecule has 1 fully saturated rings. The van der Waals surface area contributed by atoms with Gasteiger partial charge in [0.1, 0.15) is 11.9 Å². The first-order valence-electron chi connectivity index (χ1n) is 7.72. The number of para-hydroxylation sites is 1. The fourth-order valence-corrected chi connectivity index (χ4v) is 3.87. The molecule has 19 heavy (non-hydrogen) atoms. The van der Waals surface area contributed by atoms with Crippen molar-refractivity contribution in [1.29, 1.82) is 0 Å². The van der Waals surface area contributed by atoms with Gasteiger partial charge in [0.05, 0.1) is 6.10 Å². The summed E-state index contributed by atoms with van der Waals surface area (Å²) in [5, 5.41) is 10.7. The van der Waals surface area contributed by atoms with Crippen LogP contribution < -0.4 is 4.74 Å². The fourth-order valence-electron chi connectivity index (χ4n) is 3.87. The highest BCUT2D eigenvalue weighted by atomic mass is 16.5. The summed E-state index contributed by atoms with van der Waals surface area (Å²) in [7, 11) is 0. The first-order chi connectivity index (χ1) is 9.29. The number of hydrogen-bond acceptors (Lipinski definition) is 2. The Morgan fingerprint density at radius 2 is 2.05 bits per heavy atom. The van der Waals surface area contributed by atoms with E-state index in [-0.39, 0.29) is 12.2 Å². The molecule has 0 amide bonds. The molecule has 2 aliphatic rings. The number of hydrogen-bond donors (Lipinski definition) is 1. The van der Waals surface area contributed by atoms with Crippen LogP contribution in [0.15, 0.2) is 24.3 Å². The van der Waals surface area contributed by atoms with Crippen LogP contribution in [0.1, 0.15) is 44.6 Å². The van der Waals surface area contributed by atoms with Crippen LogP contribution in [-0.2, 0) is 6.42 Å². The summed E-state index contributed by atoms with van der Waals surface area (Å²) in [4.78, 5) is 0. The molecule has 0 saturated heterocycles. The maximum atomic E-state index is 10.7. The molecule has 0 radical (unpaired) electrons. The number of aliphatic hydroxyl groups is 1. The molecule has 0 aromatic heterocycles. The molecule has 1 heterocycles. The Morgan fingerprint density at radius 1 is 1.26 bits per heavy atom. The van der Waals surface area contributed by atoms with Crippen molar-refractivity contribution in [1.82, 2.24) is 0 Å². The Morgan fingerprint density at radius 3 is 2.84 bits per heavy atom. The molecule has 1 aromatic carbocycles. The maximum absolute atomic E-state index is 10.7. The molecule has 3 rings (SSSR count). The second kappa shape index (κ2) is 5.54. The largest absolute Gasteiger partial charge is 0.487 e.